The highest BCUT2D eigenvalue weighted by Crippen LogP contribution is 2.05. The van der Waals surface area contributed by atoms with Crippen molar-refractivity contribution in [3.63, 3.8) is 0 Å². The van der Waals surface area contributed by atoms with E-state index in [0.29, 0.717) is 0 Å². The number of rotatable bonds is 4. The summed E-state index contributed by atoms with van der Waals surface area (Å²) < 4.78 is 4.65. The van der Waals surface area contributed by atoms with Crippen molar-refractivity contribution in [1.29, 1.82) is 0 Å². The lowest BCUT2D eigenvalue weighted by Gasteiger charge is -2.30. The summed E-state index contributed by atoms with van der Waals surface area (Å²) in [6, 6.07) is 0.246. The number of amides is 1. The average Bonchev–Trinajstić information content (AvgIpc) is 1.99. The van der Waals surface area contributed by atoms with Crippen LogP contribution < -0.4 is 0 Å². The Morgan fingerprint density at radius 3 is 1.86 bits per heavy atom. The molecular formula is C10H19NO3. The maximum atomic E-state index is 11.6. The van der Waals surface area contributed by atoms with Gasteiger partial charge in [0.15, 0.2) is 6.61 Å². The second kappa shape index (κ2) is 5.62. The highest BCUT2D eigenvalue weighted by Gasteiger charge is 2.20. The van der Waals surface area contributed by atoms with E-state index in [2.05, 4.69) is 4.74 Å². The number of nitrogens with zero attached hydrogens (tertiary/aromatic N) is 1. The van der Waals surface area contributed by atoms with E-state index in [-0.39, 0.29) is 24.6 Å². The van der Waals surface area contributed by atoms with E-state index in [4.69, 9.17) is 0 Å². The Morgan fingerprint density at radius 2 is 1.57 bits per heavy atom. The molecule has 82 valence electrons. The molecule has 0 saturated carbocycles. The molecule has 0 atom stereocenters. The standard InChI is InChI=1S/C10H19NO3/c1-7(2)11(8(3)4)10(13)6-14-9(5)12/h7-8H,6H2,1-5H3. The molecule has 0 fully saturated rings. The van der Waals surface area contributed by atoms with E-state index in [1.54, 1.807) is 4.90 Å². The summed E-state index contributed by atoms with van der Waals surface area (Å²) in [6.45, 7) is 8.88. The quantitative estimate of drug-likeness (QED) is 0.642. The first kappa shape index (κ1) is 12.9. The van der Waals surface area contributed by atoms with E-state index in [1.807, 2.05) is 27.7 Å². The molecule has 0 aromatic rings. The van der Waals surface area contributed by atoms with E-state index in [0.717, 1.165) is 0 Å². The highest BCUT2D eigenvalue weighted by atomic mass is 16.5. The van der Waals surface area contributed by atoms with Crippen LogP contribution in [0.15, 0.2) is 0 Å². The molecule has 0 aliphatic rings. The fraction of sp³-hybridized carbons (Fsp3) is 0.800. The monoisotopic (exact) mass is 201 g/mol. The molecule has 0 heterocycles. The predicted octanol–water partition coefficient (Wildman–Crippen LogP) is 1.19. The fourth-order valence-corrected chi connectivity index (χ4v) is 1.41. The zero-order valence-corrected chi connectivity index (χ0v) is 9.53. The lowest BCUT2D eigenvalue weighted by atomic mass is 10.2. The Morgan fingerprint density at radius 1 is 1.14 bits per heavy atom. The van der Waals surface area contributed by atoms with Gasteiger partial charge >= 0.3 is 5.97 Å². The molecule has 0 aliphatic heterocycles. The molecule has 0 aromatic heterocycles. The minimum atomic E-state index is -0.425. The first-order chi connectivity index (χ1) is 6.36. The third-order valence-electron chi connectivity index (χ3n) is 1.80. The van der Waals surface area contributed by atoms with Crippen molar-refractivity contribution in [2.45, 2.75) is 46.7 Å². The average molecular weight is 201 g/mol. The Balaban J connectivity index is 4.23. The van der Waals surface area contributed by atoms with Gasteiger partial charge in [-0.25, -0.2) is 0 Å². The molecular weight excluding hydrogens is 182 g/mol. The van der Waals surface area contributed by atoms with Crippen LogP contribution in [0.3, 0.4) is 0 Å². The topological polar surface area (TPSA) is 46.6 Å². The van der Waals surface area contributed by atoms with Gasteiger partial charge < -0.3 is 9.64 Å². The molecule has 0 aliphatic carbocycles. The molecule has 0 N–H and O–H groups in total. The number of carbonyl (C=O) groups excluding carboxylic acids is 2. The zero-order valence-electron chi connectivity index (χ0n) is 9.53. The smallest absolute Gasteiger partial charge is 0.303 e. The first-order valence-electron chi connectivity index (χ1n) is 4.80. The molecule has 0 bridgehead atoms. The maximum Gasteiger partial charge on any atom is 0.303 e. The summed E-state index contributed by atoms with van der Waals surface area (Å²) in [4.78, 5) is 23.8. The van der Waals surface area contributed by atoms with Gasteiger partial charge in [0.05, 0.1) is 0 Å². The van der Waals surface area contributed by atoms with Crippen LogP contribution in [-0.4, -0.2) is 35.5 Å². The van der Waals surface area contributed by atoms with E-state index >= 15 is 0 Å². The van der Waals surface area contributed by atoms with E-state index in [9.17, 15) is 9.59 Å². The van der Waals surface area contributed by atoms with Crippen LogP contribution in [0, 0.1) is 0 Å². The molecule has 4 nitrogen and oxygen atoms in total. The largest absolute Gasteiger partial charge is 0.456 e. The van der Waals surface area contributed by atoms with Crippen molar-refractivity contribution in [1.82, 2.24) is 4.90 Å². The summed E-state index contributed by atoms with van der Waals surface area (Å²) in [5.41, 5.74) is 0. The van der Waals surface area contributed by atoms with Gasteiger partial charge in [-0.3, -0.25) is 9.59 Å². The molecule has 0 radical (unpaired) electrons. The Hall–Kier alpha value is -1.06. The van der Waals surface area contributed by atoms with Crippen LogP contribution in [0.1, 0.15) is 34.6 Å². The SMILES string of the molecule is CC(=O)OCC(=O)N(C(C)C)C(C)C. The van der Waals surface area contributed by atoms with Gasteiger partial charge in [0.1, 0.15) is 0 Å². The third kappa shape index (κ3) is 4.25. The number of hydrogen-bond donors (Lipinski definition) is 0. The van der Waals surface area contributed by atoms with Gasteiger partial charge in [-0.15, -0.1) is 0 Å². The van der Waals surface area contributed by atoms with Crippen molar-refractivity contribution >= 4 is 11.9 Å². The Bertz CT molecular complexity index is 203. The minimum Gasteiger partial charge on any atom is -0.456 e. The zero-order chi connectivity index (χ0) is 11.3. The molecule has 0 unspecified atom stereocenters. The summed E-state index contributed by atoms with van der Waals surface area (Å²) in [6.07, 6.45) is 0. The van der Waals surface area contributed by atoms with Crippen LogP contribution in [0.4, 0.5) is 0 Å². The van der Waals surface area contributed by atoms with Crippen LogP contribution in [0.5, 0.6) is 0 Å². The summed E-state index contributed by atoms with van der Waals surface area (Å²) in [5, 5.41) is 0. The van der Waals surface area contributed by atoms with Gasteiger partial charge in [0.2, 0.25) is 0 Å². The van der Waals surface area contributed by atoms with Gasteiger partial charge in [-0.2, -0.15) is 0 Å². The summed E-state index contributed by atoms with van der Waals surface area (Å²) in [5.74, 6) is -0.573. The van der Waals surface area contributed by atoms with Gasteiger partial charge in [0.25, 0.3) is 5.91 Å². The molecule has 0 saturated heterocycles. The summed E-state index contributed by atoms with van der Waals surface area (Å²) >= 11 is 0. The number of esters is 1. The summed E-state index contributed by atoms with van der Waals surface area (Å²) in [7, 11) is 0. The second-order valence-corrected chi connectivity index (χ2v) is 3.77. The van der Waals surface area contributed by atoms with Crippen molar-refractivity contribution in [3.8, 4) is 0 Å². The maximum absolute atomic E-state index is 11.6. The molecule has 0 aromatic carbocycles. The third-order valence-corrected chi connectivity index (χ3v) is 1.80. The Labute approximate surface area is 85.2 Å². The highest BCUT2D eigenvalue weighted by molar-refractivity contribution is 5.80. The van der Waals surface area contributed by atoms with Crippen LogP contribution in [0.25, 0.3) is 0 Å². The van der Waals surface area contributed by atoms with Crippen molar-refractivity contribution in [2.75, 3.05) is 6.61 Å². The first-order valence-corrected chi connectivity index (χ1v) is 4.80. The van der Waals surface area contributed by atoms with Gasteiger partial charge in [-0.1, -0.05) is 0 Å². The molecule has 0 spiro atoms. The van der Waals surface area contributed by atoms with Crippen molar-refractivity contribution < 1.29 is 14.3 Å². The number of carbonyl (C=O) groups is 2. The lowest BCUT2D eigenvalue weighted by molar-refractivity contribution is -0.152. The number of ether oxygens (including phenoxy) is 1. The van der Waals surface area contributed by atoms with Gasteiger partial charge in [-0.05, 0) is 27.7 Å². The number of hydrogen-bond acceptors (Lipinski definition) is 3. The van der Waals surface area contributed by atoms with Gasteiger partial charge in [0, 0.05) is 19.0 Å². The normalized spacial score (nSPS) is 10.5. The predicted molar refractivity (Wildman–Crippen MR) is 53.8 cm³/mol. The van der Waals surface area contributed by atoms with Crippen LogP contribution in [-0.2, 0) is 14.3 Å². The Kier molecular flexibility index (Phi) is 5.20. The van der Waals surface area contributed by atoms with Crippen molar-refractivity contribution in [2.24, 2.45) is 0 Å². The fourth-order valence-electron chi connectivity index (χ4n) is 1.41. The molecule has 4 heteroatoms. The molecule has 14 heavy (non-hydrogen) atoms. The lowest BCUT2D eigenvalue weighted by Crippen LogP contribution is -2.44. The van der Waals surface area contributed by atoms with E-state index in [1.165, 1.54) is 6.92 Å². The van der Waals surface area contributed by atoms with E-state index < -0.39 is 5.97 Å². The molecule has 0 rings (SSSR count). The van der Waals surface area contributed by atoms with Crippen molar-refractivity contribution in [3.05, 3.63) is 0 Å². The minimum absolute atomic E-state index is 0.123. The second-order valence-electron chi connectivity index (χ2n) is 3.77. The van der Waals surface area contributed by atoms with Crippen LogP contribution in [0.2, 0.25) is 0 Å². The molecule has 1 amide bonds. The van der Waals surface area contributed by atoms with Crippen LogP contribution >= 0.6 is 0 Å².